The van der Waals surface area contributed by atoms with Gasteiger partial charge in [0.1, 0.15) is 5.15 Å². The molecule has 2 aromatic heterocycles. The lowest BCUT2D eigenvalue weighted by molar-refractivity contribution is 0.0658. The Morgan fingerprint density at radius 3 is 2.73 bits per heavy atom. The molecule has 2 aromatic rings. The number of hydrogen-bond acceptors (Lipinski definition) is 4. The van der Waals surface area contributed by atoms with Crippen molar-refractivity contribution in [2.75, 3.05) is 6.61 Å². The summed E-state index contributed by atoms with van der Waals surface area (Å²) in [5.74, 6) is 0.0394. The van der Waals surface area contributed by atoms with Crippen molar-refractivity contribution in [1.82, 2.24) is 14.9 Å². The van der Waals surface area contributed by atoms with Gasteiger partial charge in [-0.25, -0.2) is 18.7 Å². The highest BCUT2D eigenvalue weighted by atomic mass is 35.5. The average Bonchev–Trinajstić information content (AvgIpc) is 2.85. The van der Waals surface area contributed by atoms with Gasteiger partial charge in [-0.05, 0) is 38.5 Å². The highest BCUT2D eigenvalue weighted by molar-refractivity contribution is 6.31. The van der Waals surface area contributed by atoms with Crippen LogP contribution in [0.5, 0.6) is 5.88 Å². The molecule has 1 aliphatic heterocycles. The maximum absolute atomic E-state index is 12.8. The largest absolute Gasteiger partial charge is 0.471 e. The monoisotopic (exact) mass is 381 g/mol. The zero-order valence-electron chi connectivity index (χ0n) is 14.5. The molecule has 0 spiro atoms. The maximum Gasteiger partial charge on any atom is 0.272 e. The third-order valence-electron chi connectivity index (χ3n) is 4.54. The third kappa shape index (κ3) is 3.23. The molecule has 2 unspecified atom stereocenters. The molecule has 0 saturated heterocycles. The highest BCUT2D eigenvalue weighted by Gasteiger charge is 2.39. The number of aromatic nitrogens is 2. The molecular weight excluding hydrogens is 364 g/mol. The number of rotatable bonds is 5. The first-order valence-electron chi connectivity index (χ1n) is 8.15. The number of aryl methyl sites for hydroxylation is 1. The summed E-state index contributed by atoms with van der Waals surface area (Å²) in [7, 11) is 0. The van der Waals surface area contributed by atoms with Crippen LogP contribution in [-0.4, -0.2) is 33.8 Å². The Morgan fingerprint density at radius 1 is 1.38 bits per heavy atom. The van der Waals surface area contributed by atoms with E-state index in [0.29, 0.717) is 21.8 Å². The maximum atomic E-state index is 12.8. The second-order valence-electron chi connectivity index (χ2n) is 6.22. The van der Waals surface area contributed by atoms with Crippen LogP contribution in [0.3, 0.4) is 0 Å². The van der Waals surface area contributed by atoms with Gasteiger partial charge in [0, 0.05) is 29.1 Å². The van der Waals surface area contributed by atoms with Gasteiger partial charge in [-0.2, -0.15) is 0 Å². The fourth-order valence-corrected chi connectivity index (χ4v) is 3.58. The summed E-state index contributed by atoms with van der Waals surface area (Å²) in [6.07, 6.45) is 0.497. The fourth-order valence-electron chi connectivity index (χ4n) is 3.26. The van der Waals surface area contributed by atoms with E-state index in [2.05, 4.69) is 9.97 Å². The van der Waals surface area contributed by atoms with Crippen LogP contribution < -0.4 is 4.74 Å². The number of alkyl halides is 2. The molecule has 0 fully saturated rings. The van der Waals surface area contributed by atoms with Crippen LogP contribution in [-0.2, 0) is 0 Å². The van der Waals surface area contributed by atoms with Crippen molar-refractivity contribution < 1.29 is 18.3 Å². The van der Waals surface area contributed by atoms with Crippen molar-refractivity contribution in [3.05, 3.63) is 51.9 Å². The lowest BCUT2D eigenvalue weighted by atomic mass is 10.1. The van der Waals surface area contributed by atoms with E-state index in [-0.39, 0.29) is 23.9 Å². The Morgan fingerprint density at radius 2 is 2.12 bits per heavy atom. The Labute approximate surface area is 155 Å². The summed E-state index contributed by atoms with van der Waals surface area (Å²) in [5.41, 5.74) is 2.67. The van der Waals surface area contributed by atoms with Crippen LogP contribution in [0.2, 0.25) is 5.15 Å². The Balaban J connectivity index is 1.86. The van der Waals surface area contributed by atoms with E-state index in [1.165, 1.54) is 6.20 Å². The molecule has 0 bridgehead atoms. The number of nitrogens with zero attached hydrogens (tertiary/aromatic N) is 3. The number of amides is 1. The lowest BCUT2D eigenvalue weighted by Crippen LogP contribution is -2.30. The van der Waals surface area contributed by atoms with E-state index in [0.717, 1.165) is 5.56 Å². The summed E-state index contributed by atoms with van der Waals surface area (Å²) in [4.78, 5) is 22.7. The van der Waals surface area contributed by atoms with Gasteiger partial charge < -0.3 is 9.64 Å². The predicted octanol–water partition coefficient (Wildman–Crippen LogP) is 4.36. The molecule has 1 amide bonds. The second-order valence-corrected chi connectivity index (χ2v) is 6.58. The zero-order valence-corrected chi connectivity index (χ0v) is 15.3. The van der Waals surface area contributed by atoms with Crippen molar-refractivity contribution in [1.29, 1.82) is 0 Å². The summed E-state index contributed by atoms with van der Waals surface area (Å²) in [6.45, 7) is 4.81. The molecule has 2 atom stereocenters. The van der Waals surface area contributed by atoms with Crippen molar-refractivity contribution in [2.24, 2.45) is 0 Å². The number of pyridine rings is 2. The van der Waals surface area contributed by atoms with E-state index in [4.69, 9.17) is 16.3 Å². The third-order valence-corrected chi connectivity index (χ3v) is 4.84. The molecule has 1 aliphatic rings. The molecule has 0 radical (unpaired) electrons. The summed E-state index contributed by atoms with van der Waals surface area (Å²) < 4.78 is 29.6. The molecule has 0 aromatic carbocycles. The molecule has 8 heteroatoms. The van der Waals surface area contributed by atoms with Crippen LogP contribution in [0.15, 0.2) is 24.5 Å². The molecule has 5 nitrogen and oxygen atoms in total. The van der Waals surface area contributed by atoms with Gasteiger partial charge in [-0.1, -0.05) is 11.6 Å². The van der Waals surface area contributed by atoms with Crippen LogP contribution in [0.4, 0.5) is 8.78 Å². The van der Waals surface area contributed by atoms with E-state index >= 15 is 0 Å². The first kappa shape index (κ1) is 18.5. The summed E-state index contributed by atoms with van der Waals surface area (Å²) in [6, 6.07) is 2.94. The van der Waals surface area contributed by atoms with Crippen molar-refractivity contribution in [3.8, 4) is 5.88 Å². The van der Waals surface area contributed by atoms with Gasteiger partial charge in [-0.15, -0.1) is 0 Å². The average molecular weight is 382 g/mol. The fraction of sp³-hybridized carbons (Fsp3) is 0.389. The zero-order chi connectivity index (χ0) is 19.0. The van der Waals surface area contributed by atoms with E-state index in [1.807, 2.05) is 13.8 Å². The smallest absolute Gasteiger partial charge is 0.272 e. The number of halogens is 3. The molecule has 26 heavy (non-hydrogen) atoms. The number of hydrogen-bond donors (Lipinski definition) is 0. The topological polar surface area (TPSA) is 55.3 Å². The highest BCUT2D eigenvalue weighted by Crippen LogP contribution is 2.41. The van der Waals surface area contributed by atoms with E-state index in [9.17, 15) is 13.6 Å². The number of fused-ring (bicyclic) bond motifs is 1. The van der Waals surface area contributed by atoms with Gasteiger partial charge >= 0.3 is 0 Å². The minimum absolute atomic E-state index is 0.125. The second kappa shape index (κ2) is 7.15. The molecule has 138 valence electrons. The minimum Gasteiger partial charge on any atom is -0.471 e. The minimum atomic E-state index is -2.56. The quantitative estimate of drug-likeness (QED) is 0.722. The van der Waals surface area contributed by atoms with Crippen LogP contribution in [0, 0.1) is 6.92 Å². The number of carbonyl (C=O) groups excluding carboxylic acids is 1. The predicted molar refractivity (Wildman–Crippen MR) is 92.7 cm³/mol. The Hall–Kier alpha value is -2.28. The molecule has 3 heterocycles. The summed E-state index contributed by atoms with van der Waals surface area (Å²) >= 11 is 6.17. The van der Waals surface area contributed by atoms with Crippen LogP contribution in [0.1, 0.15) is 53.0 Å². The van der Waals surface area contributed by atoms with E-state index < -0.39 is 13.0 Å². The molecule has 0 aliphatic carbocycles. The van der Waals surface area contributed by atoms with E-state index in [1.54, 1.807) is 30.2 Å². The van der Waals surface area contributed by atoms with Gasteiger partial charge in [0.05, 0.1) is 12.1 Å². The normalized spacial score (nSPS) is 17.6. The van der Waals surface area contributed by atoms with Crippen LogP contribution in [0.25, 0.3) is 0 Å². The first-order valence-corrected chi connectivity index (χ1v) is 8.53. The SMILES string of the molecule is Cc1cc(C(C)N2C(=O)c3ccnc(Cl)c3C2C)cnc1OCC(F)F. The Kier molecular flexibility index (Phi) is 5.09. The van der Waals surface area contributed by atoms with Gasteiger partial charge in [0.2, 0.25) is 5.88 Å². The molecular formula is C18H18ClF2N3O2. The first-order chi connectivity index (χ1) is 12.3. The van der Waals surface area contributed by atoms with Crippen LogP contribution >= 0.6 is 11.6 Å². The van der Waals surface area contributed by atoms with Crippen molar-refractivity contribution in [3.63, 3.8) is 0 Å². The lowest BCUT2D eigenvalue weighted by Gasteiger charge is -2.29. The molecule has 0 saturated carbocycles. The summed E-state index contributed by atoms with van der Waals surface area (Å²) in [5, 5.41) is 0.322. The molecule has 3 rings (SSSR count). The number of carbonyl (C=O) groups is 1. The number of ether oxygens (including phenoxy) is 1. The van der Waals surface area contributed by atoms with Gasteiger partial charge in [0.25, 0.3) is 12.3 Å². The van der Waals surface area contributed by atoms with Crippen molar-refractivity contribution in [2.45, 2.75) is 39.3 Å². The van der Waals surface area contributed by atoms with Gasteiger partial charge in [-0.3, -0.25) is 4.79 Å². The van der Waals surface area contributed by atoms with Gasteiger partial charge in [0.15, 0.2) is 6.61 Å². The standard InChI is InChI=1S/C18H18ClF2N3O2/c1-9-6-12(7-23-17(9)26-8-14(20)21)10(2)24-11(3)15-13(18(24)25)4-5-22-16(15)19/h4-7,10-11,14H,8H2,1-3H3. The Bertz CT molecular complexity index is 847. The van der Waals surface area contributed by atoms with Crippen molar-refractivity contribution >= 4 is 17.5 Å². The molecule has 0 N–H and O–H groups in total.